The molecule has 1 aromatic carbocycles. The molecule has 1 aromatic rings. The van der Waals surface area contributed by atoms with E-state index in [2.05, 4.69) is 0 Å². The van der Waals surface area contributed by atoms with Gasteiger partial charge in [0.15, 0.2) is 11.5 Å². The van der Waals surface area contributed by atoms with Crippen LogP contribution in [0.1, 0.15) is 36.6 Å². The fourth-order valence-electron chi connectivity index (χ4n) is 2.98. The third-order valence-corrected chi connectivity index (χ3v) is 3.82. The number of phenolic OH excluding ortho intramolecular Hbond substituents is 1. The first-order valence-corrected chi connectivity index (χ1v) is 6.62. The van der Waals surface area contributed by atoms with E-state index in [-0.39, 0.29) is 18.0 Å². The number of fused-ring (bicyclic) bond motifs is 2. The van der Waals surface area contributed by atoms with Crippen LogP contribution in [0.3, 0.4) is 0 Å². The number of carboxylic acid groups (broad SMARTS) is 1. The molecule has 20 heavy (non-hydrogen) atoms. The lowest BCUT2D eigenvalue weighted by molar-refractivity contribution is -0.138. The topological polar surface area (TPSA) is 102 Å². The molecule has 0 saturated heterocycles. The smallest absolute Gasteiger partial charge is 0.325 e. The molecule has 0 radical (unpaired) electrons. The minimum absolute atomic E-state index is 0.0602. The Balaban J connectivity index is 2.25. The minimum atomic E-state index is -1.18. The largest absolute Gasteiger partial charge is 0.504 e. The van der Waals surface area contributed by atoms with E-state index in [9.17, 15) is 15.0 Å². The van der Waals surface area contributed by atoms with Crippen LogP contribution in [-0.2, 0) is 17.6 Å². The SMILES string of the molecule is CC1Cc2c(c(O)c3c(c2C(N)C(=O)O)OC(C)C3)O1. The molecule has 0 aliphatic carbocycles. The monoisotopic (exact) mass is 279 g/mol. The van der Waals surface area contributed by atoms with E-state index in [4.69, 9.17) is 15.2 Å². The van der Waals surface area contributed by atoms with Gasteiger partial charge in [0.2, 0.25) is 0 Å². The van der Waals surface area contributed by atoms with E-state index < -0.39 is 12.0 Å². The van der Waals surface area contributed by atoms with Crippen LogP contribution in [0, 0.1) is 0 Å². The Kier molecular flexibility index (Phi) is 2.79. The Morgan fingerprint density at radius 2 is 1.75 bits per heavy atom. The summed E-state index contributed by atoms with van der Waals surface area (Å²) in [6.07, 6.45) is 0.807. The van der Waals surface area contributed by atoms with Gasteiger partial charge < -0.3 is 25.4 Å². The maximum absolute atomic E-state index is 11.3. The van der Waals surface area contributed by atoms with Crippen LogP contribution in [0.2, 0.25) is 0 Å². The van der Waals surface area contributed by atoms with Crippen molar-refractivity contribution in [3.63, 3.8) is 0 Å². The van der Waals surface area contributed by atoms with Crippen molar-refractivity contribution in [3.8, 4) is 17.2 Å². The lowest BCUT2D eigenvalue weighted by Crippen LogP contribution is -2.23. The molecular formula is C14H17NO5. The Morgan fingerprint density at radius 3 is 2.35 bits per heavy atom. The number of rotatable bonds is 2. The average Bonchev–Trinajstić information content (AvgIpc) is 2.92. The standard InChI is InChI=1S/C14H17NO5/c1-5-3-7-9(10(15)14(17)18)12-8(4-6(2)19-12)11(16)13(7)20-5/h5-6,10,16H,3-4,15H2,1-2H3,(H,17,18). The molecule has 3 rings (SSSR count). The molecule has 0 fully saturated rings. The quantitative estimate of drug-likeness (QED) is 0.750. The van der Waals surface area contributed by atoms with Gasteiger partial charge in [0, 0.05) is 29.5 Å². The van der Waals surface area contributed by atoms with E-state index in [1.807, 2.05) is 13.8 Å². The van der Waals surface area contributed by atoms with Gasteiger partial charge >= 0.3 is 5.97 Å². The average molecular weight is 279 g/mol. The number of hydrogen-bond donors (Lipinski definition) is 3. The third kappa shape index (κ3) is 1.71. The van der Waals surface area contributed by atoms with Gasteiger partial charge in [-0.05, 0) is 13.8 Å². The molecule has 108 valence electrons. The summed E-state index contributed by atoms with van der Waals surface area (Å²) in [7, 11) is 0. The molecule has 3 atom stereocenters. The van der Waals surface area contributed by atoms with Crippen LogP contribution in [0.25, 0.3) is 0 Å². The lowest BCUT2D eigenvalue weighted by Gasteiger charge is -2.17. The number of carbonyl (C=O) groups is 1. The molecule has 4 N–H and O–H groups in total. The molecule has 2 aliphatic rings. The number of carboxylic acids is 1. The number of ether oxygens (including phenoxy) is 2. The number of nitrogens with two attached hydrogens (primary N) is 1. The summed E-state index contributed by atoms with van der Waals surface area (Å²) < 4.78 is 11.3. The van der Waals surface area contributed by atoms with Crippen molar-refractivity contribution in [2.45, 2.75) is 44.9 Å². The van der Waals surface area contributed by atoms with E-state index in [0.717, 1.165) is 0 Å². The molecule has 0 aromatic heterocycles. The van der Waals surface area contributed by atoms with Crippen LogP contribution in [0.4, 0.5) is 0 Å². The summed E-state index contributed by atoms with van der Waals surface area (Å²) in [5, 5.41) is 19.5. The van der Waals surface area contributed by atoms with Crippen LogP contribution in [0.15, 0.2) is 0 Å². The van der Waals surface area contributed by atoms with Crippen molar-refractivity contribution in [1.29, 1.82) is 0 Å². The van der Waals surface area contributed by atoms with Crippen molar-refractivity contribution >= 4 is 5.97 Å². The van der Waals surface area contributed by atoms with Gasteiger partial charge in [-0.3, -0.25) is 4.79 Å². The Morgan fingerprint density at radius 1 is 1.20 bits per heavy atom. The van der Waals surface area contributed by atoms with Crippen LogP contribution >= 0.6 is 0 Å². The Labute approximate surface area is 116 Å². The molecule has 0 saturated carbocycles. The fraction of sp³-hybridized carbons (Fsp3) is 0.500. The first-order chi connectivity index (χ1) is 9.40. The molecule has 3 unspecified atom stereocenters. The maximum Gasteiger partial charge on any atom is 0.325 e. The lowest BCUT2D eigenvalue weighted by atomic mass is 9.92. The van der Waals surface area contributed by atoms with Gasteiger partial charge in [0.25, 0.3) is 0 Å². The molecule has 6 heteroatoms. The summed E-state index contributed by atoms with van der Waals surface area (Å²) >= 11 is 0. The van der Waals surface area contributed by atoms with Crippen molar-refractivity contribution in [2.75, 3.05) is 0 Å². The first-order valence-electron chi connectivity index (χ1n) is 6.62. The summed E-state index contributed by atoms with van der Waals surface area (Å²) in [5.41, 5.74) is 7.49. The van der Waals surface area contributed by atoms with Gasteiger partial charge in [0.1, 0.15) is 24.0 Å². The van der Waals surface area contributed by atoms with Crippen LogP contribution in [-0.4, -0.2) is 28.4 Å². The van der Waals surface area contributed by atoms with Gasteiger partial charge in [-0.1, -0.05) is 0 Å². The second-order valence-electron chi connectivity index (χ2n) is 5.46. The highest BCUT2D eigenvalue weighted by molar-refractivity contribution is 5.80. The molecule has 2 heterocycles. The predicted octanol–water partition coefficient (Wildman–Crippen LogP) is 1.12. The Bertz CT molecular complexity index is 559. The summed E-state index contributed by atoms with van der Waals surface area (Å²) in [5.74, 6) is -0.283. The summed E-state index contributed by atoms with van der Waals surface area (Å²) in [6, 6.07) is -1.18. The minimum Gasteiger partial charge on any atom is -0.504 e. The molecule has 2 aliphatic heterocycles. The number of phenols is 1. The highest BCUT2D eigenvalue weighted by atomic mass is 16.5. The van der Waals surface area contributed by atoms with Gasteiger partial charge in [-0.15, -0.1) is 0 Å². The van der Waals surface area contributed by atoms with E-state index in [1.54, 1.807) is 0 Å². The highest BCUT2D eigenvalue weighted by Crippen LogP contribution is 2.51. The highest BCUT2D eigenvalue weighted by Gasteiger charge is 2.38. The zero-order valence-electron chi connectivity index (χ0n) is 11.3. The van der Waals surface area contributed by atoms with Gasteiger partial charge in [-0.25, -0.2) is 0 Å². The first kappa shape index (κ1) is 13.1. The summed E-state index contributed by atoms with van der Waals surface area (Å²) in [4.78, 5) is 11.3. The zero-order chi connectivity index (χ0) is 14.6. The zero-order valence-corrected chi connectivity index (χ0v) is 11.3. The molecule has 0 amide bonds. The van der Waals surface area contributed by atoms with E-state index in [0.29, 0.717) is 41.0 Å². The number of hydrogen-bond acceptors (Lipinski definition) is 5. The van der Waals surface area contributed by atoms with Crippen LogP contribution < -0.4 is 15.2 Å². The normalized spacial score (nSPS) is 24.6. The second kappa shape index (κ2) is 4.28. The molecule has 0 bridgehead atoms. The van der Waals surface area contributed by atoms with Crippen molar-refractivity contribution in [2.24, 2.45) is 5.73 Å². The van der Waals surface area contributed by atoms with Gasteiger partial charge in [0.05, 0.1) is 0 Å². The third-order valence-electron chi connectivity index (χ3n) is 3.82. The predicted molar refractivity (Wildman–Crippen MR) is 70.3 cm³/mol. The van der Waals surface area contributed by atoms with Crippen LogP contribution in [0.5, 0.6) is 17.2 Å². The van der Waals surface area contributed by atoms with Crippen molar-refractivity contribution < 1.29 is 24.5 Å². The molecule has 6 nitrogen and oxygen atoms in total. The van der Waals surface area contributed by atoms with Crippen molar-refractivity contribution in [3.05, 3.63) is 16.7 Å². The number of benzene rings is 1. The second-order valence-corrected chi connectivity index (χ2v) is 5.46. The van der Waals surface area contributed by atoms with Gasteiger partial charge in [-0.2, -0.15) is 0 Å². The number of aliphatic carboxylic acids is 1. The van der Waals surface area contributed by atoms with E-state index in [1.165, 1.54) is 0 Å². The Hall–Kier alpha value is -1.95. The maximum atomic E-state index is 11.3. The molecule has 0 spiro atoms. The molecular weight excluding hydrogens is 262 g/mol. The fourth-order valence-corrected chi connectivity index (χ4v) is 2.98. The van der Waals surface area contributed by atoms with E-state index >= 15 is 0 Å². The summed E-state index contributed by atoms with van der Waals surface area (Å²) in [6.45, 7) is 3.73. The van der Waals surface area contributed by atoms with Crippen molar-refractivity contribution in [1.82, 2.24) is 0 Å². The number of aromatic hydroxyl groups is 1.